The molecular weight excluding hydrogens is 212 g/mol. The average Bonchev–Trinajstić information content (AvgIpc) is 2.34. The van der Waals surface area contributed by atoms with Gasteiger partial charge in [0.1, 0.15) is 0 Å². The maximum atomic E-state index is 3.91. The maximum absolute atomic E-state index is 3.91. The smallest absolute Gasteiger partial charge is 0.0255 e. The van der Waals surface area contributed by atoms with E-state index in [1.54, 1.807) is 0 Å². The SMILES string of the molecule is CC1CC2CC1(C)C(Br)C2(C)C. The quantitative estimate of drug-likeness (QED) is 0.555. The van der Waals surface area contributed by atoms with E-state index in [2.05, 4.69) is 43.6 Å². The summed E-state index contributed by atoms with van der Waals surface area (Å²) in [5, 5.41) is 0. The number of fused-ring (bicyclic) bond motifs is 2. The lowest BCUT2D eigenvalue weighted by Gasteiger charge is -2.42. The van der Waals surface area contributed by atoms with Crippen molar-refractivity contribution in [2.75, 3.05) is 0 Å². The molecule has 2 aliphatic carbocycles. The second kappa shape index (κ2) is 2.29. The highest BCUT2D eigenvalue weighted by Gasteiger charge is 2.61. The Labute approximate surface area is 84.2 Å². The molecule has 0 nitrogen and oxygen atoms in total. The van der Waals surface area contributed by atoms with Crippen LogP contribution in [0.5, 0.6) is 0 Å². The number of alkyl halides is 1. The molecule has 70 valence electrons. The summed E-state index contributed by atoms with van der Waals surface area (Å²) in [6.07, 6.45) is 2.89. The van der Waals surface area contributed by atoms with Gasteiger partial charge < -0.3 is 0 Å². The van der Waals surface area contributed by atoms with Crippen LogP contribution in [0.4, 0.5) is 0 Å². The molecule has 2 saturated carbocycles. The van der Waals surface area contributed by atoms with E-state index in [-0.39, 0.29) is 0 Å². The monoisotopic (exact) mass is 230 g/mol. The lowest BCUT2D eigenvalue weighted by atomic mass is 9.68. The minimum atomic E-state index is 0.529. The normalized spacial score (nSPS) is 56.2. The first-order valence-corrected chi connectivity index (χ1v) is 5.94. The van der Waals surface area contributed by atoms with Crippen molar-refractivity contribution in [2.45, 2.75) is 45.4 Å². The van der Waals surface area contributed by atoms with Crippen molar-refractivity contribution in [2.24, 2.45) is 22.7 Å². The minimum Gasteiger partial charge on any atom is -0.0879 e. The first-order chi connectivity index (χ1) is 5.39. The molecule has 0 heterocycles. The van der Waals surface area contributed by atoms with Gasteiger partial charge in [-0.2, -0.15) is 0 Å². The predicted molar refractivity (Wildman–Crippen MR) is 56.5 cm³/mol. The molecule has 4 atom stereocenters. The van der Waals surface area contributed by atoms with Gasteiger partial charge in [0.2, 0.25) is 0 Å². The van der Waals surface area contributed by atoms with Crippen molar-refractivity contribution in [3.63, 3.8) is 0 Å². The standard InChI is InChI=1S/C11H19Br/c1-7-5-8-6-11(7,4)9(12)10(8,2)3/h7-9H,5-6H2,1-4H3. The summed E-state index contributed by atoms with van der Waals surface area (Å²) in [6, 6.07) is 0. The van der Waals surface area contributed by atoms with Gasteiger partial charge in [-0.25, -0.2) is 0 Å². The van der Waals surface area contributed by atoms with Crippen LogP contribution in [-0.2, 0) is 0 Å². The highest BCUT2D eigenvalue weighted by Crippen LogP contribution is 2.67. The fourth-order valence-corrected chi connectivity index (χ4v) is 4.50. The van der Waals surface area contributed by atoms with Crippen molar-refractivity contribution in [1.29, 1.82) is 0 Å². The zero-order valence-corrected chi connectivity index (χ0v) is 10.1. The average molecular weight is 231 g/mol. The van der Waals surface area contributed by atoms with E-state index in [1.807, 2.05) is 0 Å². The summed E-state index contributed by atoms with van der Waals surface area (Å²) in [5.41, 5.74) is 1.11. The lowest BCUT2D eigenvalue weighted by molar-refractivity contribution is 0.144. The molecule has 0 aromatic rings. The van der Waals surface area contributed by atoms with E-state index in [0.717, 1.165) is 16.7 Å². The molecule has 0 amide bonds. The van der Waals surface area contributed by atoms with Gasteiger partial charge in [0.05, 0.1) is 0 Å². The van der Waals surface area contributed by atoms with Crippen molar-refractivity contribution in [3.8, 4) is 0 Å². The summed E-state index contributed by atoms with van der Waals surface area (Å²) in [7, 11) is 0. The molecule has 0 saturated heterocycles. The van der Waals surface area contributed by atoms with Gasteiger partial charge in [0, 0.05) is 4.83 Å². The fraction of sp³-hybridized carbons (Fsp3) is 1.00. The van der Waals surface area contributed by atoms with Crippen LogP contribution in [0.1, 0.15) is 40.5 Å². The van der Waals surface area contributed by atoms with E-state index in [1.165, 1.54) is 12.8 Å². The molecule has 2 bridgehead atoms. The largest absolute Gasteiger partial charge is 0.0879 e. The molecule has 12 heavy (non-hydrogen) atoms. The van der Waals surface area contributed by atoms with E-state index >= 15 is 0 Å². The van der Waals surface area contributed by atoms with Crippen LogP contribution in [-0.4, -0.2) is 4.83 Å². The van der Waals surface area contributed by atoms with Crippen LogP contribution < -0.4 is 0 Å². The van der Waals surface area contributed by atoms with Gasteiger partial charge in [0.25, 0.3) is 0 Å². The summed E-state index contributed by atoms with van der Waals surface area (Å²) < 4.78 is 0. The summed E-state index contributed by atoms with van der Waals surface area (Å²) in [5.74, 6) is 1.88. The molecule has 2 fully saturated rings. The van der Waals surface area contributed by atoms with Crippen molar-refractivity contribution in [3.05, 3.63) is 0 Å². The van der Waals surface area contributed by atoms with Crippen LogP contribution in [0.15, 0.2) is 0 Å². The van der Waals surface area contributed by atoms with Gasteiger partial charge in [-0.1, -0.05) is 43.6 Å². The Morgan fingerprint density at radius 1 is 1.25 bits per heavy atom. The Morgan fingerprint density at radius 3 is 2.17 bits per heavy atom. The highest BCUT2D eigenvalue weighted by molar-refractivity contribution is 9.09. The number of rotatable bonds is 0. The number of hydrogen-bond donors (Lipinski definition) is 0. The molecule has 0 aromatic heterocycles. The zero-order chi connectivity index (χ0) is 9.15. The summed E-state index contributed by atoms with van der Waals surface area (Å²) in [6.45, 7) is 9.73. The molecule has 2 aliphatic rings. The number of halogens is 1. The van der Waals surface area contributed by atoms with Crippen LogP contribution in [0.2, 0.25) is 0 Å². The van der Waals surface area contributed by atoms with Crippen LogP contribution in [0, 0.1) is 22.7 Å². The Bertz CT molecular complexity index is 209. The van der Waals surface area contributed by atoms with Gasteiger partial charge in [-0.3, -0.25) is 0 Å². The van der Waals surface area contributed by atoms with Crippen molar-refractivity contribution in [1.82, 2.24) is 0 Å². The molecule has 0 aliphatic heterocycles. The van der Waals surface area contributed by atoms with Crippen LogP contribution in [0.3, 0.4) is 0 Å². The molecule has 1 heteroatoms. The molecule has 4 unspecified atom stereocenters. The first-order valence-electron chi connectivity index (χ1n) is 5.03. The molecule has 0 aromatic carbocycles. The molecule has 0 N–H and O–H groups in total. The van der Waals surface area contributed by atoms with Crippen LogP contribution in [0.25, 0.3) is 0 Å². The second-order valence-corrected chi connectivity index (χ2v) is 6.64. The maximum Gasteiger partial charge on any atom is 0.0255 e. The molecule has 2 rings (SSSR count). The molecule has 0 spiro atoms. The highest BCUT2D eigenvalue weighted by atomic mass is 79.9. The van der Waals surface area contributed by atoms with Gasteiger partial charge in [-0.05, 0) is 35.5 Å². The Morgan fingerprint density at radius 2 is 1.83 bits per heavy atom. The van der Waals surface area contributed by atoms with Gasteiger partial charge >= 0.3 is 0 Å². The zero-order valence-electron chi connectivity index (χ0n) is 8.52. The second-order valence-electron chi connectivity index (χ2n) is 5.73. The lowest BCUT2D eigenvalue weighted by Crippen LogP contribution is -2.40. The topological polar surface area (TPSA) is 0 Å². The summed E-state index contributed by atoms with van der Waals surface area (Å²) >= 11 is 3.91. The Hall–Kier alpha value is 0.480. The van der Waals surface area contributed by atoms with E-state index in [0.29, 0.717) is 10.8 Å². The van der Waals surface area contributed by atoms with Crippen molar-refractivity contribution >= 4 is 15.9 Å². The van der Waals surface area contributed by atoms with Crippen molar-refractivity contribution < 1.29 is 0 Å². The first kappa shape index (κ1) is 9.05. The molecular formula is C11H19Br. The third kappa shape index (κ3) is 0.840. The number of hydrogen-bond acceptors (Lipinski definition) is 0. The van der Waals surface area contributed by atoms with E-state index in [4.69, 9.17) is 0 Å². The summed E-state index contributed by atoms with van der Waals surface area (Å²) in [4.78, 5) is 0.728. The van der Waals surface area contributed by atoms with Gasteiger partial charge in [0.15, 0.2) is 0 Å². The predicted octanol–water partition coefficient (Wildman–Crippen LogP) is 3.84. The van der Waals surface area contributed by atoms with Gasteiger partial charge in [-0.15, -0.1) is 0 Å². The molecule has 0 radical (unpaired) electrons. The van der Waals surface area contributed by atoms with E-state index in [9.17, 15) is 0 Å². The minimum absolute atomic E-state index is 0.529. The Kier molecular flexibility index (Phi) is 1.73. The van der Waals surface area contributed by atoms with Crippen LogP contribution >= 0.6 is 15.9 Å². The third-order valence-electron chi connectivity index (χ3n) is 4.73. The van der Waals surface area contributed by atoms with E-state index < -0.39 is 0 Å². The Balaban J connectivity index is 2.36. The fourth-order valence-electron chi connectivity index (χ4n) is 3.49. The third-order valence-corrected chi connectivity index (χ3v) is 6.96.